The highest BCUT2D eigenvalue weighted by molar-refractivity contribution is 9.10. The summed E-state index contributed by atoms with van der Waals surface area (Å²) in [6.45, 7) is -0.569. The molecule has 4 rings (SSSR count). The van der Waals surface area contributed by atoms with Gasteiger partial charge in [0.25, 0.3) is 21.6 Å². The number of nitrogens with zero attached hydrogens (tertiary/aromatic N) is 3. The van der Waals surface area contributed by atoms with E-state index in [1.807, 2.05) is 0 Å². The quantitative estimate of drug-likeness (QED) is 0.252. The zero-order chi connectivity index (χ0) is 25.0. The molecule has 0 saturated carbocycles. The minimum Gasteiger partial charge on any atom is -0.454 e. The monoisotopic (exact) mass is 560 g/mol. The first-order valence-electron chi connectivity index (χ1n) is 9.99. The molecule has 1 N–H and O–H groups in total. The first-order valence-corrected chi connectivity index (χ1v) is 12.2. The molecule has 0 spiro atoms. The smallest absolute Gasteiger partial charge is 0.289 e. The fourth-order valence-electron chi connectivity index (χ4n) is 3.23. The van der Waals surface area contributed by atoms with Crippen molar-refractivity contribution in [2.75, 3.05) is 17.6 Å². The SMILES string of the molecule is O=C(CN(c1ccccc1)S(=O)(=O)c1ccccc1[N+](=O)[O-])N/N=C\c1cc2c(cc1Br)OCO2. The number of rotatable bonds is 8. The maximum Gasteiger partial charge on any atom is 0.289 e. The third-order valence-electron chi connectivity index (χ3n) is 4.85. The van der Waals surface area contributed by atoms with Crippen LogP contribution < -0.4 is 19.2 Å². The number of sulfonamides is 1. The van der Waals surface area contributed by atoms with Crippen LogP contribution in [0, 0.1) is 10.1 Å². The lowest BCUT2D eigenvalue weighted by atomic mass is 10.2. The van der Waals surface area contributed by atoms with Crippen LogP contribution in [0.25, 0.3) is 0 Å². The van der Waals surface area contributed by atoms with Crippen LogP contribution in [0.2, 0.25) is 0 Å². The molecule has 11 nitrogen and oxygen atoms in total. The zero-order valence-corrected chi connectivity index (χ0v) is 20.2. The van der Waals surface area contributed by atoms with Crippen LogP contribution >= 0.6 is 15.9 Å². The summed E-state index contributed by atoms with van der Waals surface area (Å²) in [5.41, 5.74) is 2.43. The number of benzene rings is 3. The maximum atomic E-state index is 13.4. The molecule has 0 atom stereocenters. The number of carbonyl (C=O) groups excluding carboxylic acids is 1. The molecule has 0 aromatic heterocycles. The summed E-state index contributed by atoms with van der Waals surface area (Å²) >= 11 is 3.38. The van der Waals surface area contributed by atoms with Crippen molar-refractivity contribution in [3.63, 3.8) is 0 Å². The molecule has 0 fully saturated rings. The van der Waals surface area contributed by atoms with Crippen molar-refractivity contribution in [3.8, 4) is 11.5 Å². The van der Waals surface area contributed by atoms with Gasteiger partial charge in [0.1, 0.15) is 6.54 Å². The summed E-state index contributed by atoms with van der Waals surface area (Å²) in [5.74, 6) is 0.327. The number of hydrogen-bond donors (Lipinski definition) is 1. The third-order valence-corrected chi connectivity index (χ3v) is 7.35. The van der Waals surface area contributed by atoms with Crippen LogP contribution in [0.15, 0.2) is 81.2 Å². The van der Waals surface area contributed by atoms with Gasteiger partial charge in [-0.1, -0.05) is 30.3 Å². The summed E-state index contributed by atoms with van der Waals surface area (Å²) in [6.07, 6.45) is 1.35. The molecule has 13 heteroatoms. The summed E-state index contributed by atoms with van der Waals surface area (Å²) in [4.78, 5) is 22.8. The Labute approximate surface area is 208 Å². The van der Waals surface area contributed by atoms with E-state index in [0.717, 1.165) is 16.4 Å². The van der Waals surface area contributed by atoms with E-state index < -0.39 is 38.0 Å². The fourth-order valence-corrected chi connectivity index (χ4v) is 5.23. The van der Waals surface area contributed by atoms with Gasteiger partial charge in [0.15, 0.2) is 16.4 Å². The van der Waals surface area contributed by atoms with Crippen molar-refractivity contribution in [2.24, 2.45) is 5.10 Å². The second-order valence-corrected chi connectivity index (χ2v) is 9.78. The van der Waals surface area contributed by atoms with Gasteiger partial charge in [-0.15, -0.1) is 0 Å². The molecule has 180 valence electrons. The average molecular weight is 561 g/mol. The van der Waals surface area contributed by atoms with Gasteiger partial charge in [0, 0.05) is 16.1 Å². The Hall–Kier alpha value is -3.97. The van der Waals surface area contributed by atoms with Crippen LogP contribution in [0.3, 0.4) is 0 Å². The lowest BCUT2D eigenvalue weighted by molar-refractivity contribution is -0.387. The number of halogens is 1. The molecule has 0 saturated heterocycles. The molecule has 0 aliphatic carbocycles. The molecule has 35 heavy (non-hydrogen) atoms. The first-order chi connectivity index (χ1) is 16.8. The predicted molar refractivity (Wildman–Crippen MR) is 130 cm³/mol. The van der Waals surface area contributed by atoms with E-state index in [2.05, 4.69) is 26.5 Å². The van der Waals surface area contributed by atoms with Crippen LogP contribution in [0.4, 0.5) is 11.4 Å². The van der Waals surface area contributed by atoms with E-state index >= 15 is 0 Å². The first kappa shape index (κ1) is 24.2. The van der Waals surface area contributed by atoms with Crippen LogP contribution in [0.5, 0.6) is 11.5 Å². The third kappa shape index (κ3) is 5.25. The molecule has 0 unspecified atom stereocenters. The number of nitro groups is 1. The van der Waals surface area contributed by atoms with Crippen molar-refractivity contribution < 1.29 is 27.6 Å². The number of hydrogen-bond acceptors (Lipinski definition) is 8. The van der Waals surface area contributed by atoms with Crippen LogP contribution in [0.1, 0.15) is 5.56 Å². The molecule has 0 radical (unpaired) electrons. The van der Waals surface area contributed by atoms with Gasteiger partial charge in [0.05, 0.1) is 16.8 Å². The fraction of sp³-hybridized carbons (Fsp3) is 0.0909. The lowest BCUT2D eigenvalue weighted by Gasteiger charge is -2.23. The van der Waals surface area contributed by atoms with Gasteiger partial charge in [-0.2, -0.15) is 5.10 Å². The van der Waals surface area contributed by atoms with Crippen molar-refractivity contribution in [1.82, 2.24) is 5.43 Å². The summed E-state index contributed by atoms with van der Waals surface area (Å²) in [7, 11) is -4.47. The summed E-state index contributed by atoms with van der Waals surface area (Å²) in [6, 6.07) is 16.1. The number of nitro benzene ring substituents is 1. The number of hydrazone groups is 1. The number of amides is 1. The highest BCUT2D eigenvalue weighted by Gasteiger charge is 2.33. The van der Waals surface area contributed by atoms with E-state index in [0.29, 0.717) is 21.5 Å². The van der Waals surface area contributed by atoms with Crippen molar-refractivity contribution in [3.05, 3.63) is 86.9 Å². The van der Waals surface area contributed by atoms with E-state index in [9.17, 15) is 23.3 Å². The molecule has 1 heterocycles. The highest BCUT2D eigenvalue weighted by atomic mass is 79.9. The lowest BCUT2D eigenvalue weighted by Crippen LogP contribution is -2.39. The minimum absolute atomic E-state index is 0.0997. The largest absolute Gasteiger partial charge is 0.454 e. The Morgan fingerprint density at radius 1 is 1.11 bits per heavy atom. The Balaban J connectivity index is 1.58. The Morgan fingerprint density at radius 3 is 2.49 bits per heavy atom. The van der Waals surface area contributed by atoms with Gasteiger partial charge in [0.2, 0.25) is 6.79 Å². The highest BCUT2D eigenvalue weighted by Crippen LogP contribution is 2.36. The predicted octanol–water partition coefficient (Wildman–Crippen LogP) is 3.43. The molecule has 1 aliphatic rings. The van der Waals surface area contributed by atoms with Gasteiger partial charge in [-0.05, 0) is 46.3 Å². The maximum absolute atomic E-state index is 13.4. The van der Waals surface area contributed by atoms with Crippen molar-refractivity contribution >= 4 is 49.4 Å². The van der Waals surface area contributed by atoms with Gasteiger partial charge in [-0.25, -0.2) is 13.8 Å². The summed E-state index contributed by atoms with van der Waals surface area (Å²) < 4.78 is 38.9. The molecule has 3 aromatic rings. The van der Waals surface area contributed by atoms with E-state index in [1.54, 1.807) is 30.3 Å². The van der Waals surface area contributed by atoms with Crippen LogP contribution in [-0.2, 0) is 14.8 Å². The van der Waals surface area contributed by atoms with Crippen LogP contribution in [-0.4, -0.2) is 38.8 Å². The zero-order valence-electron chi connectivity index (χ0n) is 17.8. The number of ether oxygens (including phenoxy) is 2. The summed E-state index contributed by atoms with van der Waals surface area (Å²) in [5, 5.41) is 15.3. The second-order valence-electron chi connectivity index (χ2n) is 7.09. The Kier molecular flexibility index (Phi) is 6.98. The van der Waals surface area contributed by atoms with Gasteiger partial charge in [-0.3, -0.25) is 19.2 Å². The molecular formula is C22H17BrN4O7S. The average Bonchev–Trinajstić information content (AvgIpc) is 3.30. The normalized spacial score (nSPS) is 12.5. The van der Waals surface area contributed by atoms with Gasteiger partial charge >= 0.3 is 0 Å². The Bertz CT molecular complexity index is 1410. The Morgan fingerprint density at radius 2 is 1.77 bits per heavy atom. The van der Waals surface area contributed by atoms with Crippen molar-refractivity contribution in [1.29, 1.82) is 0 Å². The molecule has 3 aromatic carbocycles. The second kappa shape index (κ2) is 10.1. The number of para-hydroxylation sites is 2. The topological polar surface area (TPSA) is 140 Å². The number of fused-ring (bicyclic) bond motifs is 1. The molecular weight excluding hydrogens is 544 g/mol. The molecule has 1 aliphatic heterocycles. The van der Waals surface area contributed by atoms with E-state index in [4.69, 9.17) is 9.47 Å². The standard InChI is InChI=1S/C22H17BrN4O7S/c23-17-11-20-19(33-14-34-20)10-15(17)12-24-25-22(28)13-26(16-6-2-1-3-7-16)35(31,32)21-9-5-4-8-18(21)27(29)30/h1-12H,13-14H2,(H,25,28)/b24-12-. The van der Waals surface area contributed by atoms with Gasteiger partial charge < -0.3 is 9.47 Å². The molecule has 1 amide bonds. The number of nitrogens with one attached hydrogen (secondary N) is 1. The van der Waals surface area contributed by atoms with Crippen molar-refractivity contribution in [2.45, 2.75) is 4.90 Å². The number of anilines is 1. The number of carbonyl (C=O) groups is 1. The van der Waals surface area contributed by atoms with E-state index in [-0.39, 0.29) is 12.5 Å². The van der Waals surface area contributed by atoms with E-state index in [1.165, 1.54) is 30.5 Å². The molecule has 0 bridgehead atoms. The minimum atomic E-state index is -4.47.